The van der Waals surface area contributed by atoms with Gasteiger partial charge in [-0.2, -0.15) is 0 Å². The molecule has 2 N–H and O–H groups in total. The second-order valence-corrected chi connectivity index (χ2v) is 10.5. The number of nitrogens with zero attached hydrogens (tertiary/aromatic N) is 1. The number of aromatic carboxylic acids is 1. The highest BCUT2D eigenvalue weighted by Crippen LogP contribution is 2.29. The molecule has 0 spiro atoms. The van der Waals surface area contributed by atoms with E-state index < -0.39 is 5.97 Å². The highest BCUT2D eigenvalue weighted by Gasteiger charge is 2.15. The maximum absolute atomic E-state index is 12.9. The molecule has 0 aliphatic heterocycles. The van der Waals surface area contributed by atoms with Crippen molar-refractivity contribution in [3.8, 4) is 11.1 Å². The molecule has 0 aliphatic rings. The van der Waals surface area contributed by atoms with Crippen LogP contribution < -0.4 is 5.32 Å². The van der Waals surface area contributed by atoms with Crippen LogP contribution in [-0.2, 0) is 13.1 Å². The summed E-state index contributed by atoms with van der Waals surface area (Å²) in [6.07, 6.45) is 2.05. The summed E-state index contributed by atoms with van der Waals surface area (Å²) in [5.74, 6) is -1.02. The number of aryl methyl sites for hydroxylation is 1. The SMILES string of the molecule is CSc1ccc(CNC(=O)c2ccc3c(c2)c(C)c(C)n3Cc2ccc(-c3ccccc3C(=O)O)cc2)cc1. The lowest BCUT2D eigenvalue weighted by molar-refractivity contribution is 0.0697. The summed E-state index contributed by atoms with van der Waals surface area (Å²) in [6, 6.07) is 29.2. The molecule has 5 rings (SSSR count). The lowest BCUT2D eigenvalue weighted by atomic mass is 9.99. The molecule has 0 saturated heterocycles. The molecule has 0 aliphatic carbocycles. The predicted octanol–water partition coefficient (Wildman–Crippen LogP) is 7.32. The van der Waals surface area contributed by atoms with Crippen LogP contribution in [0.1, 0.15) is 43.1 Å². The number of amides is 1. The molecule has 5 nitrogen and oxygen atoms in total. The van der Waals surface area contributed by atoms with Crippen LogP contribution in [0.3, 0.4) is 0 Å². The van der Waals surface area contributed by atoms with Crippen molar-refractivity contribution in [1.29, 1.82) is 0 Å². The third-order valence-electron chi connectivity index (χ3n) is 7.28. The van der Waals surface area contributed by atoms with E-state index in [4.69, 9.17) is 0 Å². The summed E-state index contributed by atoms with van der Waals surface area (Å²) in [4.78, 5) is 25.8. The Labute approximate surface area is 232 Å². The number of hydrogen-bond acceptors (Lipinski definition) is 3. The van der Waals surface area contributed by atoms with Crippen molar-refractivity contribution in [2.75, 3.05) is 6.26 Å². The highest BCUT2D eigenvalue weighted by molar-refractivity contribution is 7.98. The molecule has 5 aromatic rings. The molecule has 4 aromatic carbocycles. The van der Waals surface area contributed by atoms with Gasteiger partial charge in [-0.25, -0.2) is 4.79 Å². The summed E-state index contributed by atoms with van der Waals surface area (Å²) >= 11 is 1.70. The molecule has 0 bridgehead atoms. The monoisotopic (exact) mass is 534 g/mol. The zero-order valence-corrected chi connectivity index (χ0v) is 23.0. The highest BCUT2D eigenvalue weighted by atomic mass is 32.2. The molecule has 196 valence electrons. The Morgan fingerprint density at radius 1 is 0.872 bits per heavy atom. The molecule has 39 heavy (non-hydrogen) atoms. The van der Waals surface area contributed by atoms with Gasteiger partial charge in [0.05, 0.1) is 5.56 Å². The molecule has 0 saturated carbocycles. The van der Waals surface area contributed by atoms with Gasteiger partial charge in [0.15, 0.2) is 0 Å². The molecular formula is C33H30N2O3S. The van der Waals surface area contributed by atoms with Crippen LogP contribution in [0.2, 0.25) is 0 Å². The van der Waals surface area contributed by atoms with Crippen molar-refractivity contribution in [3.63, 3.8) is 0 Å². The van der Waals surface area contributed by atoms with Gasteiger partial charge in [-0.15, -0.1) is 11.8 Å². The lowest BCUT2D eigenvalue weighted by Crippen LogP contribution is -2.22. The van der Waals surface area contributed by atoms with Crippen LogP contribution in [0.25, 0.3) is 22.0 Å². The van der Waals surface area contributed by atoms with Crippen LogP contribution in [0, 0.1) is 13.8 Å². The normalized spacial score (nSPS) is 11.1. The minimum absolute atomic E-state index is 0.0899. The van der Waals surface area contributed by atoms with Gasteiger partial charge in [-0.3, -0.25) is 4.79 Å². The first-order chi connectivity index (χ1) is 18.9. The number of hydrogen-bond donors (Lipinski definition) is 2. The first-order valence-electron chi connectivity index (χ1n) is 12.8. The van der Waals surface area contributed by atoms with Crippen molar-refractivity contribution in [3.05, 3.63) is 125 Å². The number of fused-ring (bicyclic) bond motifs is 1. The number of benzene rings is 4. The molecule has 0 unspecified atom stereocenters. The van der Waals surface area contributed by atoms with Crippen LogP contribution in [0.4, 0.5) is 0 Å². The number of aromatic nitrogens is 1. The number of carbonyl (C=O) groups excluding carboxylic acids is 1. The molecule has 0 radical (unpaired) electrons. The summed E-state index contributed by atoms with van der Waals surface area (Å²) in [5.41, 5.74) is 8.08. The summed E-state index contributed by atoms with van der Waals surface area (Å²) < 4.78 is 2.26. The molecule has 1 heterocycles. The van der Waals surface area contributed by atoms with Gasteiger partial charge in [0.1, 0.15) is 0 Å². The second kappa shape index (κ2) is 11.2. The smallest absolute Gasteiger partial charge is 0.336 e. The number of carboxylic acid groups (broad SMARTS) is 1. The van der Waals surface area contributed by atoms with E-state index in [-0.39, 0.29) is 5.91 Å². The number of carboxylic acids is 1. The Morgan fingerprint density at radius 2 is 1.56 bits per heavy atom. The predicted molar refractivity (Wildman–Crippen MR) is 159 cm³/mol. The number of carbonyl (C=O) groups is 2. The molecule has 6 heteroatoms. The van der Waals surface area contributed by atoms with Crippen molar-refractivity contribution >= 4 is 34.5 Å². The average molecular weight is 535 g/mol. The van der Waals surface area contributed by atoms with Gasteiger partial charge in [0, 0.05) is 40.1 Å². The van der Waals surface area contributed by atoms with E-state index >= 15 is 0 Å². The van der Waals surface area contributed by atoms with Crippen LogP contribution in [0.15, 0.2) is 95.9 Å². The minimum Gasteiger partial charge on any atom is -0.478 e. The quantitative estimate of drug-likeness (QED) is 0.205. The molecule has 0 fully saturated rings. The van der Waals surface area contributed by atoms with Gasteiger partial charge in [-0.1, -0.05) is 54.6 Å². The van der Waals surface area contributed by atoms with Crippen molar-refractivity contribution < 1.29 is 14.7 Å². The van der Waals surface area contributed by atoms with Crippen molar-refractivity contribution in [2.45, 2.75) is 31.8 Å². The first kappa shape index (κ1) is 26.3. The average Bonchev–Trinajstić information content (AvgIpc) is 3.20. The molecule has 1 aromatic heterocycles. The fraction of sp³-hybridized carbons (Fsp3) is 0.152. The van der Waals surface area contributed by atoms with Gasteiger partial charge in [0.25, 0.3) is 5.91 Å². The Balaban J connectivity index is 1.35. The van der Waals surface area contributed by atoms with Gasteiger partial charge in [-0.05, 0) is 84.3 Å². The summed E-state index contributed by atoms with van der Waals surface area (Å²) in [7, 11) is 0. The Hall–Kier alpha value is -4.29. The van der Waals surface area contributed by atoms with Gasteiger partial charge >= 0.3 is 5.97 Å². The fourth-order valence-electron chi connectivity index (χ4n) is 4.92. The van der Waals surface area contributed by atoms with Gasteiger partial charge < -0.3 is 15.0 Å². The van der Waals surface area contributed by atoms with Crippen LogP contribution in [0.5, 0.6) is 0 Å². The molecule has 1 amide bonds. The fourth-order valence-corrected chi connectivity index (χ4v) is 5.32. The first-order valence-corrected chi connectivity index (χ1v) is 14.0. The van der Waals surface area contributed by atoms with E-state index in [0.29, 0.717) is 29.8 Å². The Morgan fingerprint density at radius 3 is 2.26 bits per heavy atom. The lowest BCUT2D eigenvalue weighted by Gasteiger charge is -2.11. The molecule has 0 atom stereocenters. The second-order valence-electron chi connectivity index (χ2n) is 9.61. The van der Waals surface area contributed by atoms with E-state index in [1.807, 2.05) is 73.0 Å². The van der Waals surface area contributed by atoms with Crippen molar-refractivity contribution in [1.82, 2.24) is 9.88 Å². The maximum Gasteiger partial charge on any atom is 0.336 e. The third-order valence-corrected chi connectivity index (χ3v) is 8.02. The zero-order chi connectivity index (χ0) is 27.5. The van der Waals surface area contributed by atoms with Crippen molar-refractivity contribution in [2.24, 2.45) is 0 Å². The van der Waals surface area contributed by atoms with E-state index in [0.717, 1.165) is 38.9 Å². The maximum atomic E-state index is 12.9. The zero-order valence-electron chi connectivity index (χ0n) is 22.2. The number of thioether (sulfide) groups is 1. The van der Waals surface area contributed by atoms with Crippen LogP contribution >= 0.6 is 11.8 Å². The van der Waals surface area contributed by atoms with E-state index in [1.165, 1.54) is 4.90 Å². The Bertz CT molecular complexity index is 1670. The summed E-state index contributed by atoms with van der Waals surface area (Å²) in [6.45, 7) is 5.35. The molecular weight excluding hydrogens is 504 g/mol. The standard InChI is InChI=1S/C33H30N2O3S/c1-21-22(2)35(20-24-8-12-25(13-9-24)28-6-4-5-7-29(28)33(37)38)31-17-14-26(18-30(21)31)32(36)34-19-23-10-15-27(39-3)16-11-23/h4-18H,19-20H2,1-3H3,(H,34,36)(H,37,38). The van der Waals surface area contributed by atoms with Crippen LogP contribution in [-0.4, -0.2) is 27.8 Å². The van der Waals surface area contributed by atoms with E-state index in [9.17, 15) is 14.7 Å². The largest absolute Gasteiger partial charge is 0.478 e. The minimum atomic E-state index is -0.933. The number of nitrogens with one attached hydrogen (secondary N) is 1. The number of rotatable bonds is 8. The van der Waals surface area contributed by atoms with E-state index in [2.05, 4.69) is 35.9 Å². The summed E-state index contributed by atoms with van der Waals surface area (Å²) in [5, 5.41) is 13.6. The topological polar surface area (TPSA) is 71.3 Å². The third kappa shape index (κ3) is 5.47. The Kier molecular flexibility index (Phi) is 7.57. The van der Waals surface area contributed by atoms with Gasteiger partial charge in [0.2, 0.25) is 0 Å². The van der Waals surface area contributed by atoms with E-state index in [1.54, 1.807) is 23.9 Å².